The fourth-order valence-corrected chi connectivity index (χ4v) is 3.33. The van der Waals surface area contributed by atoms with E-state index in [-0.39, 0.29) is 27.0 Å². The summed E-state index contributed by atoms with van der Waals surface area (Å²) in [4.78, 5) is 28.8. The normalized spacial score (nSPS) is 10.6. The first-order chi connectivity index (χ1) is 14.0. The number of nitrogens with zero attached hydrogens (tertiary/aromatic N) is 2. The molecule has 0 bridgehead atoms. The van der Waals surface area contributed by atoms with Gasteiger partial charge in [-0.3, -0.25) is 14.2 Å². The molecule has 1 amide bonds. The Morgan fingerprint density at radius 3 is 2.72 bits per heavy atom. The standard InChI is InChI=1S/C20H17ClFN3O3S/c1-2-28-15-6-4-14(5-7-15)25-10-9-23-19(20(25)27)29-12-18(26)24-17-8-3-13(21)11-16(17)22/h3-11H,2,12H2,1H3,(H,24,26). The van der Waals surface area contributed by atoms with Crippen LogP contribution in [0.4, 0.5) is 10.1 Å². The molecule has 0 atom stereocenters. The van der Waals surface area contributed by atoms with E-state index in [2.05, 4.69) is 10.3 Å². The molecule has 0 aliphatic carbocycles. The van der Waals surface area contributed by atoms with E-state index in [1.807, 2.05) is 6.92 Å². The first kappa shape index (κ1) is 20.9. The molecule has 9 heteroatoms. The number of rotatable bonds is 7. The van der Waals surface area contributed by atoms with Gasteiger partial charge >= 0.3 is 0 Å². The van der Waals surface area contributed by atoms with Gasteiger partial charge in [0.2, 0.25) is 5.91 Å². The van der Waals surface area contributed by atoms with Gasteiger partial charge in [-0.15, -0.1) is 0 Å². The van der Waals surface area contributed by atoms with Crippen LogP contribution in [0.25, 0.3) is 5.69 Å². The monoisotopic (exact) mass is 433 g/mol. The molecule has 0 saturated carbocycles. The Labute approximate surface area is 175 Å². The first-order valence-electron chi connectivity index (χ1n) is 8.66. The second kappa shape index (κ2) is 9.58. The molecule has 1 N–H and O–H groups in total. The predicted molar refractivity (Wildman–Crippen MR) is 112 cm³/mol. The van der Waals surface area contributed by atoms with Crippen molar-refractivity contribution in [2.24, 2.45) is 0 Å². The van der Waals surface area contributed by atoms with Crippen LogP contribution < -0.4 is 15.6 Å². The average Bonchev–Trinajstić information content (AvgIpc) is 2.70. The Hall–Kier alpha value is -2.84. The van der Waals surface area contributed by atoms with Crippen molar-refractivity contribution in [1.29, 1.82) is 0 Å². The quantitative estimate of drug-likeness (QED) is 0.566. The molecule has 1 heterocycles. The zero-order valence-electron chi connectivity index (χ0n) is 15.4. The van der Waals surface area contributed by atoms with Crippen LogP contribution in [0.5, 0.6) is 5.75 Å². The van der Waals surface area contributed by atoms with Gasteiger partial charge in [0.15, 0.2) is 5.03 Å². The van der Waals surface area contributed by atoms with E-state index in [0.717, 1.165) is 17.8 Å². The number of nitrogens with one attached hydrogen (secondary N) is 1. The van der Waals surface area contributed by atoms with Crippen molar-refractivity contribution in [2.75, 3.05) is 17.7 Å². The van der Waals surface area contributed by atoms with Crippen LogP contribution in [-0.4, -0.2) is 27.8 Å². The van der Waals surface area contributed by atoms with Gasteiger partial charge in [0.1, 0.15) is 11.6 Å². The van der Waals surface area contributed by atoms with E-state index in [0.29, 0.717) is 18.0 Å². The Morgan fingerprint density at radius 1 is 1.28 bits per heavy atom. The van der Waals surface area contributed by atoms with E-state index in [1.165, 1.54) is 22.9 Å². The van der Waals surface area contributed by atoms with Crippen molar-refractivity contribution in [1.82, 2.24) is 9.55 Å². The smallest absolute Gasteiger partial charge is 0.287 e. The number of ether oxygens (including phenoxy) is 1. The molecular weight excluding hydrogens is 417 g/mol. The van der Waals surface area contributed by atoms with Gasteiger partial charge in [-0.05, 0) is 49.4 Å². The van der Waals surface area contributed by atoms with E-state index in [9.17, 15) is 14.0 Å². The van der Waals surface area contributed by atoms with Crippen LogP contribution >= 0.6 is 23.4 Å². The van der Waals surface area contributed by atoms with Crippen LogP contribution in [0.2, 0.25) is 5.02 Å². The number of carbonyl (C=O) groups excluding carboxylic acids is 1. The van der Waals surface area contributed by atoms with E-state index in [1.54, 1.807) is 30.5 Å². The van der Waals surface area contributed by atoms with Gasteiger partial charge in [-0.2, -0.15) is 0 Å². The lowest BCUT2D eigenvalue weighted by atomic mass is 10.3. The molecule has 0 aliphatic heterocycles. The van der Waals surface area contributed by atoms with Crippen LogP contribution in [0, 0.1) is 5.82 Å². The first-order valence-corrected chi connectivity index (χ1v) is 10.0. The Kier molecular flexibility index (Phi) is 6.90. The van der Waals surface area contributed by atoms with Crippen molar-refractivity contribution in [3.8, 4) is 11.4 Å². The minimum absolute atomic E-state index is 0.0211. The second-order valence-electron chi connectivity index (χ2n) is 5.80. The highest BCUT2D eigenvalue weighted by Gasteiger charge is 2.12. The maximum absolute atomic E-state index is 13.8. The van der Waals surface area contributed by atoms with Gasteiger partial charge in [-0.1, -0.05) is 23.4 Å². The summed E-state index contributed by atoms with van der Waals surface area (Å²) in [5.41, 5.74) is 0.315. The summed E-state index contributed by atoms with van der Waals surface area (Å²) in [7, 11) is 0. The molecule has 1 aromatic heterocycles. The number of amides is 1. The van der Waals surface area contributed by atoms with Gasteiger partial charge in [-0.25, -0.2) is 9.37 Å². The highest BCUT2D eigenvalue weighted by atomic mass is 35.5. The Balaban J connectivity index is 1.69. The molecule has 6 nitrogen and oxygen atoms in total. The topological polar surface area (TPSA) is 73.2 Å². The van der Waals surface area contributed by atoms with Crippen molar-refractivity contribution in [2.45, 2.75) is 11.9 Å². The van der Waals surface area contributed by atoms with Crippen LogP contribution in [0.3, 0.4) is 0 Å². The average molecular weight is 434 g/mol. The van der Waals surface area contributed by atoms with E-state index in [4.69, 9.17) is 16.3 Å². The number of carbonyl (C=O) groups is 1. The fourth-order valence-electron chi connectivity index (χ4n) is 2.48. The summed E-state index contributed by atoms with van der Waals surface area (Å²) in [5, 5.41) is 2.84. The molecule has 29 heavy (non-hydrogen) atoms. The Morgan fingerprint density at radius 2 is 2.03 bits per heavy atom. The van der Waals surface area contributed by atoms with Crippen molar-refractivity contribution >= 4 is 35.0 Å². The van der Waals surface area contributed by atoms with Gasteiger partial charge in [0.25, 0.3) is 5.56 Å². The largest absolute Gasteiger partial charge is 0.494 e. The highest BCUT2D eigenvalue weighted by molar-refractivity contribution is 7.99. The van der Waals surface area contributed by atoms with E-state index >= 15 is 0 Å². The molecule has 0 unspecified atom stereocenters. The lowest BCUT2D eigenvalue weighted by molar-refractivity contribution is -0.113. The van der Waals surface area contributed by atoms with Gasteiger partial charge in [0, 0.05) is 23.1 Å². The summed E-state index contributed by atoms with van der Waals surface area (Å²) in [6, 6.07) is 11.0. The molecule has 0 radical (unpaired) electrons. The number of hydrogen-bond donors (Lipinski definition) is 1. The van der Waals surface area contributed by atoms with Crippen molar-refractivity contribution in [3.63, 3.8) is 0 Å². The maximum Gasteiger partial charge on any atom is 0.287 e. The zero-order valence-corrected chi connectivity index (χ0v) is 17.0. The molecule has 2 aromatic carbocycles. The van der Waals surface area contributed by atoms with Crippen LogP contribution in [-0.2, 0) is 4.79 Å². The third kappa shape index (κ3) is 5.36. The minimum Gasteiger partial charge on any atom is -0.494 e. The summed E-state index contributed by atoms with van der Waals surface area (Å²) in [6.45, 7) is 2.44. The number of anilines is 1. The van der Waals surface area contributed by atoms with Crippen LogP contribution in [0.15, 0.2) is 64.7 Å². The zero-order chi connectivity index (χ0) is 20.8. The van der Waals surface area contributed by atoms with E-state index < -0.39 is 11.7 Å². The molecule has 0 spiro atoms. The fraction of sp³-hybridized carbons (Fsp3) is 0.150. The third-order valence-corrected chi connectivity index (χ3v) is 4.98. The van der Waals surface area contributed by atoms with Crippen molar-refractivity contribution in [3.05, 3.63) is 76.1 Å². The van der Waals surface area contributed by atoms with Gasteiger partial charge in [0.05, 0.1) is 18.0 Å². The maximum atomic E-state index is 13.8. The number of benzene rings is 2. The molecule has 3 aromatic rings. The second-order valence-corrected chi connectivity index (χ2v) is 7.20. The molecule has 3 rings (SSSR count). The predicted octanol–water partition coefficient (Wildman–Crippen LogP) is 4.15. The highest BCUT2D eigenvalue weighted by Crippen LogP contribution is 2.20. The summed E-state index contributed by atoms with van der Waals surface area (Å²) in [5.74, 6) is -0.489. The number of aromatic nitrogens is 2. The summed E-state index contributed by atoms with van der Waals surface area (Å²) in [6.07, 6.45) is 3.03. The van der Waals surface area contributed by atoms with Gasteiger partial charge < -0.3 is 10.1 Å². The van der Waals surface area contributed by atoms with Crippen molar-refractivity contribution < 1.29 is 13.9 Å². The summed E-state index contributed by atoms with van der Waals surface area (Å²) < 4.78 is 20.6. The lowest BCUT2D eigenvalue weighted by Crippen LogP contribution is -2.22. The van der Waals surface area contributed by atoms with Crippen LogP contribution in [0.1, 0.15) is 6.92 Å². The number of thioether (sulfide) groups is 1. The number of hydrogen-bond acceptors (Lipinski definition) is 5. The molecular formula is C20H17ClFN3O3S. The molecule has 0 aliphatic rings. The third-order valence-electron chi connectivity index (χ3n) is 3.78. The Bertz CT molecular complexity index is 1070. The summed E-state index contributed by atoms with van der Waals surface area (Å²) >= 11 is 6.67. The minimum atomic E-state index is -0.633. The molecule has 150 valence electrons. The SMILES string of the molecule is CCOc1ccc(-n2ccnc(SCC(=O)Nc3ccc(Cl)cc3F)c2=O)cc1. The molecule has 0 fully saturated rings. The lowest BCUT2D eigenvalue weighted by Gasteiger charge is -2.09. The number of halogens is 2. The molecule has 0 saturated heterocycles.